The first-order valence-electron chi connectivity index (χ1n) is 6.82. The molecule has 0 atom stereocenters. The molecule has 0 bridgehead atoms. The topological polar surface area (TPSA) is 49.8 Å². The summed E-state index contributed by atoms with van der Waals surface area (Å²) < 4.78 is 5.25. The number of aliphatic hydroxyl groups excluding tert-OH is 1. The average Bonchev–Trinajstić information content (AvgIpc) is 2.98. The molecule has 0 radical (unpaired) electrons. The Morgan fingerprint density at radius 3 is 2.68 bits per heavy atom. The molecule has 1 amide bonds. The Morgan fingerprint density at radius 1 is 1.37 bits per heavy atom. The molecule has 0 heterocycles. The van der Waals surface area contributed by atoms with E-state index >= 15 is 0 Å². The van der Waals surface area contributed by atoms with E-state index in [1.807, 2.05) is 12.1 Å². The quantitative estimate of drug-likeness (QED) is 0.884. The van der Waals surface area contributed by atoms with Crippen LogP contribution in [0.5, 0.6) is 5.75 Å². The maximum absolute atomic E-state index is 12.6. The van der Waals surface area contributed by atoms with Crippen LogP contribution in [0, 0.1) is 0 Å². The van der Waals surface area contributed by atoms with Gasteiger partial charge in [0, 0.05) is 12.6 Å². The van der Waals surface area contributed by atoms with E-state index in [4.69, 9.17) is 4.74 Å². The van der Waals surface area contributed by atoms with Gasteiger partial charge < -0.3 is 14.7 Å². The van der Waals surface area contributed by atoms with E-state index in [1.54, 1.807) is 24.1 Å². The normalized spacial score (nSPS) is 15.5. The summed E-state index contributed by atoms with van der Waals surface area (Å²) in [5.74, 6) is 0.548. The van der Waals surface area contributed by atoms with Gasteiger partial charge in [0.15, 0.2) is 0 Å². The third kappa shape index (κ3) is 3.07. The molecule has 1 aromatic rings. The zero-order chi connectivity index (χ0) is 13.7. The molecule has 0 saturated heterocycles. The second kappa shape index (κ2) is 6.57. The summed E-state index contributed by atoms with van der Waals surface area (Å²) in [7, 11) is 1.57. The summed E-state index contributed by atoms with van der Waals surface area (Å²) in [6, 6.07) is 7.51. The number of carbonyl (C=O) groups excluding carboxylic acids is 1. The fourth-order valence-electron chi connectivity index (χ4n) is 2.75. The van der Waals surface area contributed by atoms with Crippen LogP contribution >= 0.6 is 0 Å². The van der Waals surface area contributed by atoms with Crippen LogP contribution in [0.15, 0.2) is 24.3 Å². The molecule has 4 heteroatoms. The number of para-hydroxylation sites is 1. The summed E-state index contributed by atoms with van der Waals surface area (Å²) in [6.07, 6.45) is 4.37. The number of benzene rings is 1. The highest BCUT2D eigenvalue weighted by Crippen LogP contribution is 2.27. The maximum Gasteiger partial charge on any atom is 0.257 e. The lowest BCUT2D eigenvalue weighted by Crippen LogP contribution is -2.40. The Bertz CT molecular complexity index is 427. The lowest BCUT2D eigenvalue weighted by atomic mass is 10.1. The van der Waals surface area contributed by atoms with Crippen molar-refractivity contribution in [3.8, 4) is 5.75 Å². The zero-order valence-electron chi connectivity index (χ0n) is 11.3. The number of hydrogen-bond donors (Lipinski definition) is 1. The van der Waals surface area contributed by atoms with Crippen LogP contribution in [0.1, 0.15) is 36.0 Å². The minimum atomic E-state index is -0.0431. The van der Waals surface area contributed by atoms with E-state index in [2.05, 4.69) is 0 Å². The monoisotopic (exact) mass is 263 g/mol. The second-order valence-corrected chi connectivity index (χ2v) is 4.86. The van der Waals surface area contributed by atoms with Crippen LogP contribution in [-0.2, 0) is 0 Å². The molecule has 1 fully saturated rings. The number of hydrogen-bond acceptors (Lipinski definition) is 3. The van der Waals surface area contributed by atoms with E-state index in [-0.39, 0.29) is 18.6 Å². The van der Waals surface area contributed by atoms with Crippen molar-refractivity contribution in [3.63, 3.8) is 0 Å². The van der Waals surface area contributed by atoms with Gasteiger partial charge >= 0.3 is 0 Å². The Balaban J connectivity index is 2.22. The first kappa shape index (κ1) is 13.9. The summed E-state index contributed by atoms with van der Waals surface area (Å²) in [5.41, 5.74) is 0.574. The number of nitrogens with zero attached hydrogens (tertiary/aromatic N) is 1. The van der Waals surface area contributed by atoms with Crippen LogP contribution in [0.4, 0.5) is 0 Å². The Morgan fingerprint density at radius 2 is 2.05 bits per heavy atom. The van der Waals surface area contributed by atoms with Gasteiger partial charge in [0.25, 0.3) is 5.91 Å². The number of methoxy groups -OCH3 is 1. The van der Waals surface area contributed by atoms with Gasteiger partial charge in [0.2, 0.25) is 0 Å². The van der Waals surface area contributed by atoms with E-state index in [0.717, 1.165) is 25.7 Å². The fraction of sp³-hybridized carbons (Fsp3) is 0.533. The molecule has 1 aliphatic rings. The lowest BCUT2D eigenvalue weighted by molar-refractivity contribution is 0.0634. The Kier molecular flexibility index (Phi) is 4.80. The fourth-order valence-corrected chi connectivity index (χ4v) is 2.75. The zero-order valence-corrected chi connectivity index (χ0v) is 11.3. The molecule has 1 aromatic carbocycles. The summed E-state index contributed by atoms with van der Waals surface area (Å²) in [4.78, 5) is 14.4. The van der Waals surface area contributed by atoms with E-state index in [1.165, 1.54) is 0 Å². The molecule has 0 aliphatic heterocycles. The van der Waals surface area contributed by atoms with E-state index in [0.29, 0.717) is 17.9 Å². The molecular weight excluding hydrogens is 242 g/mol. The van der Waals surface area contributed by atoms with Gasteiger partial charge in [-0.1, -0.05) is 25.0 Å². The van der Waals surface area contributed by atoms with Gasteiger partial charge in [-0.2, -0.15) is 0 Å². The van der Waals surface area contributed by atoms with E-state index < -0.39 is 0 Å². The van der Waals surface area contributed by atoms with Crippen molar-refractivity contribution < 1.29 is 14.6 Å². The molecule has 104 valence electrons. The van der Waals surface area contributed by atoms with Crippen molar-refractivity contribution >= 4 is 5.91 Å². The van der Waals surface area contributed by atoms with Crippen LogP contribution in [0.3, 0.4) is 0 Å². The minimum absolute atomic E-state index is 0.00259. The molecule has 0 unspecified atom stereocenters. The average molecular weight is 263 g/mol. The minimum Gasteiger partial charge on any atom is -0.496 e. The molecule has 2 rings (SSSR count). The number of aliphatic hydroxyl groups is 1. The molecule has 1 saturated carbocycles. The van der Waals surface area contributed by atoms with Crippen molar-refractivity contribution in [2.75, 3.05) is 20.3 Å². The Labute approximate surface area is 114 Å². The van der Waals surface area contributed by atoms with Crippen LogP contribution < -0.4 is 4.74 Å². The summed E-state index contributed by atoms with van der Waals surface area (Å²) >= 11 is 0. The van der Waals surface area contributed by atoms with Gasteiger partial charge in [-0.3, -0.25) is 4.79 Å². The van der Waals surface area contributed by atoms with Crippen molar-refractivity contribution in [2.45, 2.75) is 31.7 Å². The first-order valence-corrected chi connectivity index (χ1v) is 6.82. The smallest absolute Gasteiger partial charge is 0.257 e. The van der Waals surface area contributed by atoms with Crippen LogP contribution in [0.25, 0.3) is 0 Å². The number of amides is 1. The number of rotatable bonds is 5. The summed E-state index contributed by atoms with van der Waals surface area (Å²) in [5, 5.41) is 9.19. The lowest BCUT2D eigenvalue weighted by Gasteiger charge is -2.28. The van der Waals surface area contributed by atoms with Gasteiger partial charge in [0.05, 0.1) is 19.3 Å². The van der Waals surface area contributed by atoms with Crippen LogP contribution in [-0.4, -0.2) is 42.2 Å². The molecule has 1 aliphatic carbocycles. The van der Waals surface area contributed by atoms with Crippen molar-refractivity contribution in [1.82, 2.24) is 4.90 Å². The van der Waals surface area contributed by atoms with Gasteiger partial charge in [0.1, 0.15) is 5.75 Å². The van der Waals surface area contributed by atoms with Crippen molar-refractivity contribution in [3.05, 3.63) is 29.8 Å². The summed E-state index contributed by atoms with van der Waals surface area (Å²) in [6.45, 7) is 0.388. The van der Waals surface area contributed by atoms with Crippen molar-refractivity contribution in [2.24, 2.45) is 0 Å². The number of ether oxygens (including phenoxy) is 1. The highest BCUT2D eigenvalue weighted by molar-refractivity contribution is 5.97. The predicted octanol–water partition coefficient (Wildman–Crippen LogP) is 2.07. The standard InChI is InChI=1S/C15H21NO3/c1-19-14-9-5-4-8-13(14)15(18)16(10-11-17)12-6-2-3-7-12/h4-5,8-9,12,17H,2-3,6-7,10-11H2,1H3. The van der Waals surface area contributed by atoms with Crippen LogP contribution in [0.2, 0.25) is 0 Å². The molecule has 0 aromatic heterocycles. The molecular formula is C15H21NO3. The molecule has 19 heavy (non-hydrogen) atoms. The third-order valence-electron chi connectivity index (χ3n) is 3.70. The third-order valence-corrected chi connectivity index (χ3v) is 3.70. The highest BCUT2D eigenvalue weighted by atomic mass is 16.5. The first-order chi connectivity index (χ1) is 9.27. The Hall–Kier alpha value is -1.55. The van der Waals surface area contributed by atoms with E-state index in [9.17, 15) is 9.90 Å². The molecule has 1 N–H and O–H groups in total. The predicted molar refractivity (Wildman–Crippen MR) is 73.4 cm³/mol. The highest BCUT2D eigenvalue weighted by Gasteiger charge is 2.28. The van der Waals surface area contributed by atoms with Gasteiger partial charge in [-0.15, -0.1) is 0 Å². The van der Waals surface area contributed by atoms with Gasteiger partial charge in [-0.05, 0) is 25.0 Å². The second-order valence-electron chi connectivity index (χ2n) is 4.86. The maximum atomic E-state index is 12.6. The molecule has 4 nitrogen and oxygen atoms in total. The molecule has 0 spiro atoms. The van der Waals surface area contributed by atoms with Gasteiger partial charge in [-0.25, -0.2) is 0 Å². The largest absolute Gasteiger partial charge is 0.496 e. The SMILES string of the molecule is COc1ccccc1C(=O)N(CCO)C1CCCC1. The van der Waals surface area contributed by atoms with Crippen molar-refractivity contribution in [1.29, 1.82) is 0 Å². The number of carbonyl (C=O) groups is 1.